The van der Waals surface area contributed by atoms with Crippen molar-refractivity contribution < 1.29 is 13.9 Å². The van der Waals surface area contributed by atoms with Crippen molar-refractivity contribution >= 4 is 29.3 Å². The Labute approximate surface area is 252 Å². The Morgan fingerprint density at radius 3 is 2.27 bits per heavy atom. The van der Waals surface area contributed by atoms with Gasteiger partial charge in [0.25, 0.3) is 0 Å². The minimum absolute atomic E-state index is 0.194. The van der Waals surface area contributed by atoms with Crippen LogP contribution < -0.4 is 4.74 Å². The van der Waals surface area contributed by atoms with Crippen LogP contribution in [0.2, 0.25) is 5.02 Å². The van der Waals surface area contributed by atoms with E-state index < -0.39 is 0 Å². The fourth-order valence-corrected chi connectivity index (χ4v) is 10.5. The Morgan fingerprint density at radius 1 is 0.951 bits per heavy atom. The smallest absolute Gasteiger partial charge is 0.240 e. The standard InChI is InChI=1S/C33H41ClFN3O2S/c1-40-25-5-7-26(8-6-25)41-27-18-31(38(19-27)20-28-29(34)3-2-4-30(28)35)33(39)37-11-9-36(10-12-37)32-23-14-21-13-22(16-23)17-24(32)15-21/h2-8,21-24,27,31-32H,9-20H2,1H3/t21?,22?,23?,24?,27-,31-,32?/m0/s1. The molecule has 1 amide bonds. The number of thioether (sulfide) groups is 1. The first-order chi connectivity index (χ1) is 19.9. The molecule has 8 rings (SSSR count). The Balaban J connectivity index is 1.03. The molecule has 2 atom stereocenters. The van der Waals surface area contributed by atoms with Crippen LogP contribution >= 0.6 is 23.4 Å². The third-order valence-electron chi connectivity index (χ3n) is 10.7. The van der Waals surface area contributed by atoms with E-state index in [9.17, 15) is 9.18 Å². The average Bonchev–Trinajstić information content (AvgIpc) is 3.37. The lowest BCUT2D eigenvalue weighted by atomic mass is 9.54. The van der Waals surface area contributed by atoms with Crippen molar-refractivity contribution in [3.05, 3.63) is 58.9 Å². The SMILES string of the molecule is COc1ccc(S[C@H]2C[C@@H](C(=O)N3CCN(C4C5CC6CC(C5)CC4C6)CC3)N(Cc3c(F)cccc3Cl)C2)cc1. The monoisotopic (exact) mass is 597 g/mol. The number of carbonyl (C=O) groups excluding carboxylic acids is 1. The number of methoxy groups -OCH3 is 1. The van der Waals surface area contributed by atoms with Gasteiger partial charge >= 0.3 is 0 Å². The molecule has 0 aromatic heterocycles. The van der Waals surface area contributed by atoms with Crippen LogP contribution in [0.3, 0.4) is 0 Å². The summed E-state index contributed by atoms with van der Waals surface area (Å²) in [4.78, 5) is 22.2. The second kappa shape index (κ2) is 11.7. The van der Waals surface area contributed by atoms with E-state index in [1.165, 1.54) is 38.2 Å². The first-order valence-corrected chi connectivity index (χ1v) is 16.7. The van der Waals surface area contributed by atoms with E-state index in [1.54, 1.807) is 31.0 Å². The summed E-state index contributed by atoms with van der Waals surface area (Å²) < 4.78 is 20.1. The molecule has 0 spiro atoms. The zero-order valence-corrected chi connectivity index (χ0v) is 25.5. The lowest BCUT2D eigenvalue weighted by molar-refractivity contribution is -0.140. The molecule has 41 heavy (non-hydrogen) atoms. The summed E-state index contributed by atoms with van der Waals surface area (Å²) in [7, 11) is 1.67. The lowest BCUT2D eigenvalue weighted by Gasteiger charge is -2.58. The highest BCUT2D eigenvalue weighted by Gasteiger charge is 2.50. The van der Waals surface area contributed by atoms with Gasteiger partial charge in [0.1, 0.15) is 11.6 Å². The molecular formula is C33H41ClFN3O2S. The Morgan fingerprint density at radius 2 is 1.63 bits per heavy atom. The van der Waals surface area contributed by atoms with Crippen molar-refractivity contribution in [2.24, 2.45) is 23.7 Å². The van der Waals surface area contributed by atoms with E-state index in [-0.39, 0.29) is 23.0 Å². The molecule has 0 unspecified atom stereocenters. The number of halogens is 2. The highest BCUT2D eigenvalue weighted by molar-refractivity contribution is 8.00. The average molecular weight is 598 g/mol. The van der Waals surface area contributed by atoms with E-state index in [4.69, 9.17) is 16.3 Å². The van der Waals surface area contributed by atoms with Gasteiger partial charge in [0, 0.05) is 66.0 Å². The van der Waals surface area contributed by atoms with Crippen LogP contribution in [0.25, 0.3) is 0 Å². The molecule has 2 aromatic carbocycles. The number of hydrogen-bond acceptors (Lipinski definition) is 5. The van der Waals surface area contributed by atoms with Crippen molar-refractivity contribution in [1.29, 1.82) is 0 Å². The molecule has 2 aliphatic heterocycles. The number of rotatable bonds is 7. The summed E-state index contributed by atoms with van der Waals surface area (Å²) in [6.45, 7) is 4.61. The summed E-state index contributed by atoms with van der Waals surface area (Å²) in [5.41, 5.74) is 0.480. The van der Waals surface area contributed by atoms with Gasteiger partial charge in [0.2, 0.25) is 5.91 Å². The van der Waals surface area contributed by atoms with Gasteiger partial charge in [-0.3, -0.25) is 14.6 Å². The number of ether oxygens (including phenoxy) is 1. The third-order valence-corrected chi connectivity index (χ3v) is 12.2. The minimum atomic E-state index is -0.306. The lowest BCUT2D eigenvalue weighted by Crippen LogP contribution is -2.61. The molecule has 0 radical (unpaired) electrons. The Bertz CT molecular complexity index is 1210. The summed E-state index contributed by atoms with van der Waals surface area (Å²) >= 11 is 8.23. The van der Waals surface area contributed by atoms with Gasteiger partial charge in [-0.2, -0.15) is 0 Å². The summed E-state index contributed by atoms with van der Waals surface area (Å²) in [6, 6.07) is 13.4. The molecular weight excluding hydrogens is 557 g/mol. The normalized spacial score (nSPS) is 33.4. The largest absolute Gasteiger partial charge is 0.497 e. The van der Waals surface area contributed by atoms with E-state index >= 15 is 0 Å². The van der Waals surface area contributed by atoms with Crippen LogP contribution in [0.1, 0.15) is 44.1 Å². The molecule has 0 N–H and O–H groups in total. The quantitative estimate of drug-likeness (QED) is 0.380. The first kappa shape index (κ1) is 28.0. The van der Waals surface area contributed by atoms with Crippen LogP contribution in [-0.2, 0) is 11.3 Å². The van der Waals surface area contributed by atoms with Gasteiger partial charge in [-0.25, -0.2) is 4.39 Å². The molecule has 4 aliphatic carbocycles. The Kier molecular flexibility index (Phi) is 7.99. The zero-order valence-electron chi connectivity index (χ0n) is 23.9. The third kappa shape index (κ3) is 5.64. The van der Waals surface area contributed by atoms with Gasteiger partial charge in [-0.05, 0) is 98.6 Å². The number of amides is 1. The summed E-state index contributed by atoms with van der Waals surface area (Å²) in [5, 5.41) is 0.656. The van der Waals surface area contributed by atoms with E-state index in [0.29, 0.717) is 23.7 Å². The highest BCUT2D eigenvalue weighted by Crippen LogP contribution is 2.55. The molecule has 5 nitrogen and oxygen atoms in total. The predicted octanol–water partition coefficient (Wildman–Crippen LogP) is 6.19. The summed E-state index contributed by atoms with van der Waals surface area (Å²) in [6.07, 6.45) is 7.95. The van der Waals surface area contributed by atoms with Gasteiger partial charge < -0.3 is 9.64 Å². The van der Waals surface area contributed by atoms with Crippen LogP contribution in [-0.4, -0.2) is 77.8 Å². The topological polar surface area (TPSA) is 36.0 Å². The van der Waals surface area contributed by atoms with Gasteiger partial charge in [0.15, 0.2) is 0 Å². The molecule has 2 aromatic rings. The van der Waals surface area contributed by atoms with Crippen molar-refractivity contribution in [1.82, 2.24) is 14.7 Å². The molecule has 2 saturated heterocycles. The van der Waals surface area contributed by atoms with Crippen molar-refractivity contribution in [3.63, 3.8) is 0 Å². The molecule has 6 aliphatic rings. The van der Waals surface area contributed by atoms with Crippen LogP contribution in [0.4, 0.5) is 4.39 Å². The fourth-order valence-electron chi connectivity index (χ4n) is 9.06. The molecule has 4 bridgehead atoms. The van der Waals surface area contributed by atoms with Gasteiger partial charge in [-0.15, -0.1) is 11.8 Å². The molecule has 2 heterocycles. The zero-order chi connectivity index (χ0) is 28.1. The van der Waals surface area contributed by atoms with Crippen molar-refractivity contribution in [2.75, 3.05) is 39.8 Å². The number of likely N-dealkylation sites (tertiary alicyclic amines) is 1. The maximum absolute atomic E-state index is 14.8. The maximum atomic E-state index is 14.8. The van der Waals surface area contributed by atoms with Crippen molar-refractivity contribution in [3.8, 4) is 5.75 Å². The molecule has 220 valence electrons. The molecule has 4 saturated carbocycles. The Hall–Kier alpha value is -1.80. The van der Waals surface area contributed by atoms with Crippen LogP contribution in [0, 0.1) is 29.5 Å². The predicted molar refractivity (Wildman–Crippen MR) is 162 cm³/mol. The molecule has 6 fully saturated rings. The second-order valence-corrected chi connectivity index (χ2v) is 14.9. The second-order valence-electron chi connectivity index (χ2n) is 13.1. The number of hydrogen-bond donors (Lipinski definition) is 0. The number of piperazine rings is 1. The van der Waals surface area contributed by atoms with Crippen LogP contribution in [0.15, 0.2) is 47.4 Å². The molecule has 8 heteroatoms. The van der Waals surface area contributed by atoms with Gasteiger partial charge in [-0.1, -0.05) is 17.7 Å². The number of carbonyl (C=O) groups is 1. The van der Waals surface area contributed by atoms with Crippen LogP contribution in [0.5, 0.6) is 5.75 Å². The fraction of sp³-hybridized carbons (Fsp3) is 0.606. The minimum Gasteiger partial charge on any atom is -0.497 e. The van der Waals surface area contributed by atoms with E-state index in [1.807, 2.05) is 12.1 Å². The highest BCUT2D eigenvalue weighted by atomic mass is 35.5. The van der Waals surface area contributed by atoms with Crippen molar-refractivity contribution in [2.45, 2.75) is 67.3 Å². The maximum Gasteiger partial charge on any atom is 0.240 e. The number of benzene rings is 2. The van der Waals surface area contributed by atoms with E-state index in [0.717, 1.165) is 73.0 Å². The van der Waals surface area contributed by atoms with Gasteiger partial charge in [0.05, 0.1) is 13.2 Å². The first-order valence-electron chi connectivity index (χ1n) is 15.5. The summed E-state index contributed by atoms with van der Waals surface area (Å²) in [5.74, 6) is 4.44. The van der Waals surface area contributed by atoms with E-state index in [2.05, 4.69) is 26.8 Å². The number of nitrogens with zero attached hydrogens (tertiary/aromatic N) is 3.